The van der Waals surface area contributed by atoms with E-state index in [9.17, 15) is 13.6 Å². The Hall–Kier alpha value is -1.23. The maximum atomic E-state index is 13.3. The van der Waals surface area contributed by atoms with Crippen molar-refractivity contribution in [3.63, 3.8) is 0 Å². The van der Waals surface area contributed by atoms with Crippen molar-refractivity contribution in [2.24, 2.45) is 0 Å². The number of hydrogen-bond donors (Lipinski definition) is 0. The van der Waals surface area contributed by atoms with E-state index in [1.165, 1.54) is 0 Å². The summed E-state index contributed by atoms with van der Waals surface area (Å²) in [5, 5.41) is 0.536. The van der Waals surface area contributed by atoms with Crippen molar-refractivity contribution in [1.29, 1.82) is 0 Å². The summed E-state index contributed by atoms with van der Waals surface area (Å²) < 4.78 is 33.4. The van der Waals surface area contributed by atoms with E-state index in [2.05, 4.69) is 15.9 Å². The van der Waals surface area contributed by atoms with Crippen LogP contribution in [0, 0.1) is 13.8 Å². The molecule has 118 valence electrons. The van der Waals surface area contributed by atoms with Crippen LogP contribution < -0.4 is 5.43 Å². The molecule has 1 aliphatic carbocycles. The predicted octanol–water partition coefficient (Wildman–Crippen LogP) is 5.47. The van der Waals surface area contributed by atoms with Crippen LogP contribution in [-0.4, -0.2) is 5.92 Å². The van der Waals surface area contributed by atoms with Gasteiger partial charge in [-0.2, -0.15) is 0 Å². The molecule has 2 aromatic rings. The van der Waals surface area contributed by atoms with Crippen LogP contribution in [0.3, 0.4) is 0 Å². The van der Waals surface area contributed by atoms with Gasteiger partial charge < -0.3 is 4.42 Å². The quantitative estimate of drug-likeness (QED) is 0.666. The summed E-state index contributed by atoms with van der Waals surface area (Å²) in [7, 11) is 0. The fourth-order valence-corrected chi connectivity index (χ4v) is 3.85. The summed E-state index contributed by atoms with van der Waals surface area (Å²) in [5.74, 6) is -2.12. The van der Waals surface area contributed by atoms with Crippen molar-refractivity contribution < 1.29 is 13.2 Å². The van der Waals surface area contributed by atoms with Gasteiger partial charge in [0, 0.05) is 24.3 Å². The topological polar surface area (TPSA) is 30.2 Å². The molecule has 0 radical (unpaired) electrons. The van der Waals surface area contributed by atoms with Crippen LogP contribution in [0.4, 0.5) is 8.78 Å². The minimum atomic E-state index is -2.58. The molecular weight excluding hydrogens is 354 g/mol. The molecule has 0 spiro atoms. The molecule has 1 aromatic carbocycles. The molecule has 0 unspecified atom stereocenters. The molecule has 1 saturated carbocycles. The molecule has 1 aliphatic rings. The summed E-state index contributed by atoms with van der Waals surface area (Å²) in [5.41, 5.74) is 1.95. The first-order valence-corrected chi connectivity index (χ1v) is 8.19. The monoisotopic (exact) mass is 370 g/mol. The van der Waals surface area contributed by atoms with Gasteiger partial charge in [0.05, 0.1) is 9.86 Å². The minimum absolute atomic E-state index is 0.0713. The van der Waals surface area contributed by atoms with Gasteiger partial charge in [0.2, 0.25) is 5.92 Å². The van der Waals surface area contributed by atoms with Crippen molar-refractivity contribution in [1.82, 2.24) is 0 Å². The number of rotatable bonds is 1. The van der Waals surface area contributed by atoms with Crippen LogP contribution in [0.25, 0.3) is 11.0 Å². The zero-order chi connectivity index (χ0) is 16.1. The lowest BCUT2D eigenvalue weighted by atomic mass is 9.83. The molecule has 5 heteroatoms. The number of hydrogen-bond acceptors (Lipinski definition) is 2. The maximum Gasteiger partial charge on any atom is 0.248 e. The molecule has 0 amide bonds. The average Bonchev–Trinajstić information content (AvgIpc) is 2.44. The van der Waals surface area contributed by atoms with Crippen LogP contribution in [0.1, 0.15) is 48.5 Å². The third-order valence-corrected chi connectivity index (χ3v) is 5.03. The molecular formula is C17H17BrF2O2. The van der Waals surface area contributed by atoms with E-state index in [0.717, 1.165) is 10.0 Å². The van der Waals surface area contributed by atoms with Gasteiger partial charge in [-0.05, 0) is 60.3 Å². The van der Waals surface area contributed by atoms with Crippen LogP contribution in [0.15, 0.2) is 25.8 Å². The van der Waals surface area contributed by atoms with E-state index in [1.807, 2.05) is 13.0 Å². The van der Waals surface area contributed by atoms with E-state index in [1.54, 1.807) is 13.0 Å². The Morgan fingerprint density at radius 2 is 1.86 bits per heavy atom. The summed E-state index contributed by atoms with van der Waals surface area (Å²) in [6, 6.07) is 3.69. The highest BCUT2D eigenvalue weighted by Crippen LogP contribution is 2.42. The van der Waals surface area contributed by atoms with E-state index in [4.69, 9.17) is 4.42 Å². The van der Waals surface area contributed by atoms with Crippen molar-refractivity contribution in [3.8, 4) is 0 Å². The minimum Gasteiger partial charge on any atom is -0.459 e. The Morgan fingerprint density at radius 3 is 2.50 bits per heavy atom. The summed E-state index contributed by atoms with van der Waals surface area (Å²) in [6.45, 7) is 3.64. The fourth-order valence-electron chi connectivity index (χ4n) is 3.19. The molecule has 0 N–H and O–H groups in total. The van der Waals surface area contributed by atoms with E-state index in [0.29, 0.717) is 35.1 Å². The summed E-state index contributed by atoms with van der Waals surface area (Å²) in [4.78, 5) is 12.6. The van der Waals surface area contributed by atoms with Crippen LogP contribution >= 0.6 is 15.9 Å². The highest BCUT2D eigenvalue weighted by molar-refractivity contribution is 9.10. The van der Waals surface area contributed by atoms with Gasteiger partial charge in [0.25, 0.3) is 0 Å². The van der Waals surface area contributed by atoms with Gasteiger partial charge in [-0.1, -0.05) is 0 Å². The normalized spacial score (nSPS) is 18.8. The largest absolute Gasteiger partial charge is 0.459 e. The van der Waals surface area contributed by atoms with Gasteiger partial charge in [-0.25, -0.2) is 8.78 Å². The summed E-state index contributed by atoms with van der Waals surface area (Å²) in [6.07, 6.45) is 0.416. The Kier molecular flexibility index (Phi) is 3.87. The maximum absolute atomic E-state index is 13.3. The van der Waals surface area contributed by atoms with E-state index >= 15 is 0 Å². The average molecular weight is 371 g/mol. The number of alkyl halides is 2. The lowest BCUT2D eigenvalue weighted by Gasteiger charge is -2.28. The lowest BCUT2D eigenvalue weighted by molar-refractivity contribution is -0.0395. The van der Waals surface area contributed by atoms with Crippen molar-refractivity contribution >= 4 is 26.9 Å². The molecule has 2 nitrogen and oxygen atoms in total. The molecule has 22 heavy (non-hydrogen) atoms. The zero-order valence-corrected chi connectivity index (χ0v) is 14.1. The lowest BCUT2D eigenvalue weighted by Crippen LogP contribution is -2.25. The number of benzene rings is 1. The van der Waals surface area contributed by atoms with Crippen LogP contribution in [-0.2, 0) is 0 Å². The van der Waals surface area contributed by atoms with Gasteiger partial charge in [0.1, 0.15) is 5.76 Å². The Labute approximate surface area is 135 Å². The smallest absolute Gasteiger partial charge is 0.248 e. The Bertz CT molecular complexity index is 785. The first-order chi connectivity index (χ1) is 10.3. The fraction of sp³-hybridized carbons (Fsp3) is 0.471. The zero-order valence-electron chi connectivity index (χ0n) is 12.5. The SMILES string of the molecule is Cc1cc(Br)c2oc(C3CCC(F)(F)CC3)c(C)c(=O)c2c1. The molecule has 0 atom stereocenters. The molecule has 1 fully saturated rings. The highest BCUT2D eigenvalue weighted by atomic mass is 79.9. The second-order valence-electron chi connectivity index (χ2n) is 6.17. The Morgan fingerprint density at radius 1 is 1.23 bits per heavy atom. The van der Waals surface area contributed by atoms with Crippen LogP contribution in [0.2, 0.25) is 0 Å². The van der Waals surface area contributed by atoms with Crippen molar-refractivity contribution in [3.05, 3.63) is 43.7 Å². The van der Waals surface area contributed by atoms with Crippen LogP contribution in [0.5, 0.6) is 0 Å². The van der Waals surface area contributed by atoms with Gasteiger partial charge in [-0.3, -0.25) is 4.79 Å². The number of fused-ring (bicyclic) bond motifs is 1. The van der Waals surface area contributed by atoms with E-state index < -0.39 is 5.92 Å². The molecule has 1 aromatic heterocycles. The Balaban J connectivity index is 2.12. The first kappa shape index (κ1) is 15.7. The van der Waals surface area contributed by atoms with Crippen molar-refractivity contribution in [2.45, 2.75) is 51.4 Å². The third-order valence-electron chi connectivity index (χ3n) is 4.44. The number of aryl methyl sites for hydroxylation is 1. The van der Waals surface area contributed by atoms with E-state index in [-0.39, 0.29) is 24.2 Å². The molecule has 0 aliphatic heterocycles. The third kappa shape index (κ3) is 2.71. The van der Waals surface area contributed by atoms with Gasteiger partial charge in [0.15, 0.2) is 11.0 Å². The second-order valence-corrected chi connectivity index (χ2v) is 7.03. The second kappa shape index (κ2) is 5.44. The standard InChI is InChI=1S/C17H17BrF2O2/c1-9-7-12-14(21)10(2)15(22-16(12)13(18)8-9)11-3-5-17(19,20)6-4-11/h7-8,11H,3-6H2,1-2H3. The number of halogens is 3. The summed E-state index contributed by atoms with van der Waals surface area (Å²) >= 11 is 3.43. The molecule has 1 heterocycles. The molecule has 0 bridgehead atoms. The highest BCUT2D eigenvalue weighted by Gasteiger charge is 2.37. The molecule has 3 rings (SSSR count). The van der Waals surface area contributed by atoms with Crippen molar-refractivity contribution in [2.75, 3.05) is 0 Å². The predicted molar refractivity (Wildman–Crippen MR) is 85.8 cm³/mol. The molecule has 0 saturated heterocycles. The van der Waals surface area contributed by atoms with Gasteiger partial charge in [-0.15, -0.1) is 0 Å². The first-order valence-electron chi connectivity index (χ1n) is 7.40. The van der Waals surface area contributed by atoms with Gasteiger partial charge >= 0.3 is 0 Å².